The molecule has 29 heavy (non-hydrogen) atoms. The number of carbonyl (C=O) groups excluding carboxylic acids is 1. The molecule has 1 aliphatic rings. The number of thiophene rings is 1. The number of carbonyl (C=O) groups is 1. The Morgan fingerprint density at radius 1 is 1.10 bits per heavy atom. The molecular formula is C25H36N2OS. The van der Waals surface area contributed by atoms with Crippen molar-refractivity contribution in [2.45, 2.75) is 60.0 Å². The van der Waals surface area contributed by atoms with Gasteiger partial charge in [0.1, 0.15) is 0 Å². The van der Waals surface area contributed by atoms with Crippen LogP contribution in [0.3, 0.4) is 0 Å². The van der Waals surface area contributed by atoms with Crippen molar-refractivity contribution in [1.29, 1.82) is 0 Å². The third-order valence-corrected chi connectivity index (χ3v) is 7.20. The van der Waals surface area contributed by atoms with E-state index in [4.69, 9.17) is 0 Å². The summed E-state index contributed by atoms with van der Waals surface area (Å²) in [6, 6.07) is 11.5. The first-order valence-corrected chi connectivity index (χ1v) is 11.8. The molecule has 2 atom stereocenters. The molecule has 3 nitrogen and oxygen atoms in total. The number of likely N-dealkylation sites (tertiary alicyclic amines) is 1. The molecule has 4 heteroatoms. The van der Waals surface area contributed by atoms with Crippen LogP contribution in [0.15, 0.2) is 35.7 Å². The minimum atomic E-state index is 0.0431. The zero-order valence-corrected chi connectivity index (χ0v) is 19.6. The molecular weight excluding hydrogens is 376 g/mol. The second-order valence-electron chi connectivity index (χ2n) is 9.24. The van der Waals surface area contributed by atoms with Crippen LogP contribution >= 0.6 is 11.3 Å². The molecule has 0 N–H and O–H groups in total. The molecule has 1 amide bonds. The van der Waals surface area contributed by atoms with Gasteiger partial charge in [0, 0.05) is 48.9 Å². The molecule has 1 aliphatic heterocycles. The molecule has 1 saturated heterocycles. The first-order valence-electron chi connectivity index (χ1n) is 10.9. The number of rotatable bonds is 7. The van der Waals surface area contributed by atoms with Crippen molar-refractivity contribution >= 4 is 17.2 Å². The molecule has 2 unspecified atom stereocenters. The monoisotopic (exact) mass is 412 g/mol. The van der Waals surface area contributed by atoms with Crippen LogP contribution in [0.5, 0.6) is 0 Å². The van der Waals surface area contributed by atoms with Crippen molar-refractivity contribution in [2.24, 2.45) is 11.8 Å². The number of benzene rings is 1. The van der Waals surface area contributed by atoms with E-state index in [1.54, 1.807) is 0 Å². The van der Waals surface area contributed by atoms with Crippen LogP contribution in [0.25, 0.3) is 0 Å². The van der Waals surface area contributed by atoms with Gasteiger partial charge < -0.3 is 4.90 Å². The third-order valence-electron chi connectivity index (χ3n) is 6.19. The summed E-state index contributed by atoms with van der Waals surface area (Å²) >= 11 is 1.86. The predicted octanol–water partition coefficient (Wildman–Crippen LogP) is 5.47. The Balaban J connectivity index is 1.82. The van der Waals surface area contributed by atoms with E-state index in [0.29, 0.717) is 11.8 Å². The minimum Gasteiger partial charge on any atom is -0.340 e. The van der Waals surface area contributed by atoms with Crippen LogP contribution in [0.4, 0.5) is 0 Å². The van der Waals surface area contributed by atoms with E-state index in [2.05, 4.69) is 73.2 Å². The fourth-order valence-electron chi connectivity index (χ4n) is 4.37. The van der Waals surface area contributed by atoms with Gasteiger partial charge in [-0.2, -0.15) is 0 Å². The molecule has 0 spiro atoms. The number of hydrogen-bond donors (Lipinski definition) is 0. The Morgan fingerprint density at radius 3 is 2.34 bits per heavy atom. The summed E-state index contributed by atoms with van der Waals surface area (Å²) in [5.41, 5.74) is 4.10. The SMILES string of the molecule is Cc1ccc(C2CN(Cc3sccc3C)CC2CN(C(=O)C(C)C)C(C)C)cc1. The maximum Gasteiger partial charge on any atom is 0.225 e. The molecule has 2 aromatic rings. The van der Waals surface area contributed by atoms with Crippen LogP contribution in [-0.2, 0) is 11.3 Å². The van der Waals surface area contributed by atoms with Crippen molar-refractivity contribution in [2.75, 3.05) is 19.6 Å². The lowest BCUT2D eigenvalue weighted by molar-refractivity contribution is -0.136. The van der Waals surface area contributed by atoms with Gasteiger partial charge in [-0.05, 0) is 56.2 Å². The molecule has 1 aromatic heterocycles. The molecule has 1 aromatic carbocycles. The Bertz CT molecular complexity index is 808. The van der Waals surface area contributed by atoms with Crippen molar-refractivity contribution in [1.82, 2.24) is 9.80 Å². The first-order chi connectivity index (χ1) is 13.8. The standard InChI is InChI=1S/C25H36N2OS/c1-17(2)25(28)27(18(3)4)14-22-13-26(16-24-20(6)11-12-29-24)15-23(22)21-9-7-19(5)8-10-21/h7-12,17-18,22-23H,13-16H2,1-6H3. The Hall–Kier alpha value is -1.65. The molecule has 2 heterocycles. The summed E-state index contributed by atoms with van der Waals surface area (Å²) in [6.07, 6.45) is 0. The number of aryl methyl sites for hydroxylation is 2. The molecule has 0 radical (unpaired) electrons. The minimum absolute atomic E-state index is 0.0431. The summed E-state index contributed by atoms with van der Waals surface area (Å²) in [5.74, 6) is 1.25. The number of nitrogens with zero attached hydrogens (tertiary/aromatic N) is 2. The van der Waals surface area contributed by atoms with Gasteiger partial charge in [-0.3, -0.25) is 9.69 Å². The topological polar surface area (TPSA) is 23.6 Å². The van der Waals surface area contributed by atoms with E-state index < -0.39 is 0 Å². The maximum absolute atomic E-state index is 12.9. The van der Waals surface area contributed by atoms with E-state index >= 15 is 0 Å². The van der Waals surface area contributed by atoms with Crippen molar-refractivity contribution in [3.8, 4) is 0 Å². The van der Waals surface area contributed by atoms with Crippen molar-refractivity contribution < 1.29 is 4.79 Å². The smallest absolute Gasteiger partial charge is 0.225 e. The highest BCUT2D eigenvalue weighted by atomic mass is 32.1. The highest BCUT2D eigenvalue weighted by molar-refractivity contribution is 7.10. The van der Waals surface area contributed by atoms with Crippen LogP contribution in [0, 0.1) is 25.7 Å². The fourth-order valence-corrected chi connectivity index (χ4v) is 5.32. The summed E-state index contributed by atoms with van der Waals surface area (Å²) in [7, 11) is 0. The van der Waals surface area contributed by atoms with Gasteiger partial charge >= 0.3 is 0 Å². The van der Waals surface area contributed by atoms with Gasteiger partial charge in [0.05, 0.1) is 0 Å². The van der Waals surface area contributed by atoms with Gasteiger partial charge in [0.25, 0.3) is 0 Å². The number of hydrogen-bond acceptors (Lipinski definition) is 3. The van der Waals surface area contributed by atoms with E-state index in [-0.39, 0.29) is 17.9 Å². The maximum atomic E-state index is 12.9. The molecule has 0 bridgehead atoms. The lowest BCUT2D eigenvalue weighted by Gasteiger charge is -2.33. The van der Waals surface area contributed by atoms with Gasteiger partial charge in [0.15, 0.2) is 0 Å². The lowest BCUT2D eigenvalue weighted by atomic mass is 9.87. The largest absolute Gasteiger partial charge is 0.340 e. The van der Waals surface area contributed by atoms with Crippen molar-refractivity contribution in [3.05, 3.63) is 57.3 Å². The predicted molar refractivity (Wildman–Crippen MR) is 123 cm³/mol. The van der Waals surface area contributed by atoms with Crippen molar-refractivity contribution in [3.63, 3.8) is 0 Å². The zero-order chi connectivity index (χ0) is 21.1. The summed E-state index contributed by atoms with van der Waals surface area (Å²) in [5, 5.41) is 2.19. The third kappa shape index (κ3) is 5.29. The lowest BCUT2D eigenvalue weighted by Crippen LogP contribution is -2.43. The molecule has 158 valence electrons. The van der Waals surface area contributed by atoms with Crippen LogP contribution in [0.1, 0.15) is 55.2 Å². The second kappa shape index (κ2) is 9.44. The Labute approximate surface area is 180 Å². The Kier molecular flexibility index (Phi) is 7.18. The van der Waals surface area contributed by atoms with Gasteiger partial charge in [-0.1, -0.05) is 43.7 Å². The fraction of sp³-hybridized carbons (Fsp3) is 0.560. The van der Waals surface area contributed by atoms with Crippen LogP contribution in [-0.4, -0.2) is 41.4 Å². The average molecular weight is 413 g/mol. The second-order valence-corrected chi connectivity index (χ2v) is 10.2. The normalized spacial score (nSPS) is 20.0. The van der Waals surface area contributed by atoms with Gasteiger partial charge in [-0.25, -0.2) is 0 Å². The molecule has 3 rings (SSSR count). The quantitative estimate of drug-likeness (QED) is 0.602. The molecule has 1 fully saturated rings. The van der Waals surface area contributed by atoms with Gasteiger partial charge in [0.2, 0.25) is 5.91 Å². The van der Waals surface area contributed by atoms with E-state index in [0.717, 1.165) is 26.2 Å². The van der Waals surface area contributed by atoms with E-state index in [1.165, 1.54) is 21.6 Å². The van der Waals surface area contributed by atoms with Gasteiger partial charge in [-0.15, -0.1) is 11.3 Å². The summed E-state index contributed by atoms with van der Waals surface area (Å²) < 4.78 is 0. The van der Waals surface area contributed by atoms with E-state index in [9.17, 15) is 4.79 Å². The van der Waals surface area contributed by atoms with Crippen LogP contribution < -0.4 is 0 Å². The molecule has 0 aliphatic carbocycles. The molecule has 0 saturated carbocycles. The zero-order valence-electron chi connectivity index (χ0n) is 18.8. The highest BCUT2D eigenvalue weighted by Crippen LogP contribution is 2.35. The Morgan fingerprint density at radius 2 is 1.79 bits per heavy atom. The number of amides is 1. The summed E-state index contributed by atoms with van der Waals surface area (Å²) in [4.78, 5) is 19.0. The average Bonchev–Trinajstić information content (AvgIpc) is 3.26. The first kappa shape index (κ1) is 22.0. The van der Waals surface area contributed by atoms with E-state index in [1.807, 2.05) is 25.2 Å². The highest BCUT2D eigenvalue weighted by Gasteiger charge is 2.36. The van der Waals surface area contributed by atoms with Crippen LogP contribution in [0.2, 0.25) is 0 Å². The summed E-state index contributed by atoms with van der Waals surface area (Å²) in [6.45, 7) is 16.6.